The number of carbonyl (C=O) groups is 2. The van der Waals surface area contributed by atoms with E-state index in [2.05, 4.69) is 5.32 Å². The zero-order chi connectivity index (χ0) is 17.6. The molecule has 0 saturated carbocycles. The van der Waals surface area contributed by atoms with E-state index in [0.717, 1.165) is 0 Å². The molecular formula is C16H23NO6. The van der Waals surface area contributed by atoms with Gasteiger partial charge in [-0.1, -0.05) is 13.8 Å². The standard InChI is InChI=1S/C16H23NO6/c1-9(2)7-12(18)17-13-10(16(19)23-6)8-11(20-3)14(21-4)15(13)22-5/h8-9H,7H2,1-6H3,(H,17,18). The summed E-state index contributed by atoms with van der Waals surface area (Å²) >= 11 is 0. The molecule has 23 heavy (non-hydrogen) atoms. The Kier molecular flexibility index (Phi) is 6.68. The van der Waals surface area contributed by atoms with Crippen LogP contribution in [0, 0.1) is 5.92 Å². The normalized spacial score (nSPS) is 10.2. The third-order valence-electron chi connectivity index (χ3n) is 3.09. The molecular weight excluding hydrogens is 302 g/mol. The van der Waals surface area contributed by atoms with E-state index in [1.165, 1.54) is 34.5 Å². The minimum Gasteiger partial charge on any atom is -0.493 e. The lowest BCUT2D eigenvalue weighted by molar-refractivity contribution is -0.116. The van der Waals surface area contributed by atoms with E-state index in [0.29, 0.717) is 12.2 Å². The minimum absolute atomic E-state index is 0.124. The Labute approximate surface area is 135 Å². The van der Waals surface area contributed by atoms with Crippen LogP contribution in [0.4, 0.5) is 5.69 Å². The van der Waals surface area contributed by atoms with Crippen molar-refractivity contribution in [3.8, 4) is 17.2 Å². The molecule has 128 valence electrons. The van der Waals surface area contributed by atoms with Gasteiger partial charge in [0.2, 0.25) is 11.7 Å². The lowest BCUT2D eigenvalue weighted by Gasteiger charge is -2.19. The largest absolute Gasteiger partial charge is 0.493 e. The quantitative estimate of drug-likeness (QED) is 0.776. The highest BCUT2D eigenvalue weighted by molar-refractivity contribution is 6.04. The van der Waals surface area contributed by atoms with Gasteiger partial charge in [-0.3, -0.25) is 4.79 Å². The lowest BCUT2D eigenvalue weighted by atomic mass is 10.1. The first kappa shape index (κ1) is 18.6. The summed E-state index contributed by atoms with van der Waals surface area (Å²) in [5.41, 5.74) is 0.321. The number of amides is 1. The maximum atomic E-state index is 12.1. The molecule has 1 aromatic rings. The maximum Gasteiger partial charge on any atom is 0.340 e. The lowest BCUT2D eigenvalue weighted by Crippen LogP contribution is -2.18. The molecule has 0 unspecified atom stereocenters. The van der Waals surface area contributed by atoms with Gasteiger partial charge in [-0.2, -0.15) is 0 Å². The van der Waals surface area contributed by atoms with Gasteiger partial charge in [0.05, 0.1) is 34.0 Å². The SMILES string of the molecule is COC(=O)c1cc(OC)c(OC)c(OC)c1NC(=O)CC(C)C. The summed E-state index contributed by atoms with van der Waals surface area (Å²) in [4.78, 5) is 24.2. The number of esters is 1. The Morgan fingerprint density at radius 2 is 1.65 bits per heavy atom. The van der Waals surface area contributed by atoms with Crippen LogP contribution in [0.25, 0.3) is 0 Å². The van der Waals surface area contributed by atoms with Gasteiger partial charge in [-0.15, -0.1) is 0 Å². The fourth-order valence-electron chi connectivity index (χ4n) is 2.11. The number of methoxy groups -OCH3 is 4. The molecule has 1 amide bonds. The molecule has 7 heteroatoms. The molecule has 0 aliphatic carbocycles. The van der Waals surface area contributed by atoms with E-state index in [1.807, 2.05) is 13.8 Å². The van der Waals surface area contributed by atoms with Gasteiger partial charge in [0, 0.05) is 12.5 Å². The smallest absolute Gasteiger partial charge is 0.340 e. The maximum absolute atomic E-state index is 12.1. The molecule has 1 aromatic carbocycles. The Morgan fingerprint density at radius 3 is 2.09 bits per heavy atom. The minimum atomic E-state index is -0.621. The van der Waals surface area contributed by atoms with E-state index in [1.54, 1.807) is 0 Å². The van der Waals surface area contributed by atoms with Gasteiger partial charge in [0.1, 0.15) is 5.69 Å². The zero-order valence-electron chi connectivity index (χ0n) is 14.3. The predicted molar refractivity (Wildman–Crippen MR) is 85.5 cm³/mol. The van der Waals surface area contributed by atoms with Crippen molar-refractivity contribution in [2.24, 2.45) is 5.92 Å². The molecule has 1 rings (SSSR count). The van der Waals surface area contributed by atoms with Gasteiger partial charge in [0.15, 0.2) is 11.5 Å². The summed E-state index contributed by atoms with van der Waals surface area (Å²) in [5.74, 6) is 0.0842. The van der Waals surface area contributed by atoms with E-state index in [-0.39, 0.29) is 34.6 Å². The number of ether oxygens (including phenoxy) is 4. The van der Waals surface area contributed by atoms with Crippen molar-refractivity contribution in [1.82, 2.24) is 0 Å². The molecule has 1 N–H and O–H groups in total. The van der Waals surface area contributed by atoms with Gasteiger partial charge >= 0.3 is 5.97 Å². The molecule has 0 spiro atoms. The van der Waals surface area contributed by atoms with Crippen molar-refractivity contribution in [1.29, 1.82) is 0 Å². The molecule has 0 saturated heterocycles. The second kappa shape index (κ2) is 8.26. The van der Waals surface area contributed by atoms with Crippen LogP contribution in [-0.2, 0) is 9.53 Å². The number of carbonyl (C=O) groups excluding carboxylic acids is 2. The van der Waals surface area contributed by atoms with Crippen LogP contribution >= 0.6 is 0 Å². The van der Waals surface area contributed by atoms with Gasteiger partial charge in [-0.05, 0) is 5.92 Å². The molecule has 0 aliphatic heterocycles. The van der Waals surface area contributed by atoms with Crippen LogP contribution in [0.3, 0.4) is 0 Å². The Morgan fingerprint density at radius 1 is 1.04 bits per heavy atom. The van der Waals surface area contributed by atoms with E-state index in [4.69, 9.17) is 18.9 Å². The topological polar surface area (TPSA) is 83.1 Å². The van der Waals surface area contributed by atoms with Crippen molar-refractivity contribution in [3.63, 3.8) is 0 Å². The number of anilines is 1. The van der Waals surface area contributed by atoms with E-state index < -0.39 is 5.97 Å². The van der Waals surface area contributed by atoms with Gasteiger partial charge in [0.25, 0.3) is 0 Å². The highest BCUT2D eigenvalue weighted by Gasteiger charge is 2.26. The van der Waals surface area contributed by atoms with Crippen molar-refractivity contribution in [3.05, 3.63) is 11.6 Å². The van der Waals surface area contributed by atoms with Crippen LogP contribution in [0.15, 0.2) is 6.07 Å². The molecule has 0 aromatic heterocycles. The predicted octanol–water partition coefficient (Wildman–Crippen LogP) is 2.48. The van der Waals surface area contributed by atoms with Crippen molar-refractivity contribution >= 4 is 17.6 Å². The Balaban J connectivity index is 3.48. The number of hydrogen-bond acceptors (Lipinski definition) is 6. The summed E-state index contributed by atoms with van der Waals surface area (Å²) in [6.45, 7) is 3.85. The molecule has 0 bridgehead atoms. The zero-order valence-corrected chi connectivity index (χ0v) is 14.3. The van der Waals surface area contributed by atoms with Gasteiger partial charge < -0.3 is 24.3 Å². The average molecular weight is 325 g/mol. The number of rotatable bonds is 7. The third-order valence-corrected chi connectivity index (χ3v) is 3.09. The summed E-state index contributed by atoms with van der Waals surface area (Å²) in [6.07, 6.45) is 0.304. The first-order valence-corrected chi connectivity index (χ1v) is 7.10. The van der Waals surface area contributed by atoms with Crippen LogP contribution in [-0.4, -0.2) is 40.3 Å². The fourth-order valence-corrected chi connectivity index (χ4v) is 2.11. The molecule has 7 nitrogen and oxygen atoms in total. The van der Waals surface area contributed by atoms with E-state index in [9.17, 15) is 9.59 Å². The Hall–Kier alpha value is -2.44. The molecule has 0 radical (unpaired) electrons. The molecule has 0 heterocycles. The third kappa shape index (κ3) is 4.28. The van der Waals surface area contributed by atoms with Crippen LogP contribution < -0.4 is 19.5 Å². The summed E-state index contributed by atoms with van der Waals surface area (Å²) in [7, 11) is 5.55. The van der Waals surface area contributed by atoms with Crippen molar-refractivity contribution < 1.29 is 28.5 Å². The van der Waals surface area contributed by atoms with Crippen LogP contribution in [0.1, 0.15) is 30.6 Å². The van der Waals surface area contributed by atoms with Crippen molar-refractivity contribution in [2.75, 3.05) is 33.8 Å². The second-order valence-electron chi connectivity index (χ2n) is 5.21. The summed E-state index contributed by atoms with van der Waals surface area (Å²) in [5, 5.41) is 2.70. The molecule has 0 atom stereocenters. The van der Waals surface area contributed by atoms with Crippen LogP contribution in [0.5, 0.6) is 17.2 Å². The summed E-state index contributed by atoms with van der Waals surface area (Å²) < 4.78 is 20.6. The van der Waals surface area contributed by atoms with Crippen LogP contribution in [0.2, 0.25) is 0 Å². The highest BCUT2D eigenvalue weighted by atomic mass is 16.5. The molecule has 0 aliphatic rings. The number of hydrogen-bond donors (Lipinski definition) is 1. The highest BCUT2D eigenvalue weighted by Crippen LogP contribution is 2.45. The monoisotopic (exact) mass is 325 g/mol. The van der Waals surface area contributed by atoms with Crippen molar-refractivity contribution in [2.45, 2.75) is 20.3 Å². The second-order valence-corrected chi connectivity index (χ2v) is 5.21. The summed E-state index contributed by atoms with van der Waals surface area (Å²) in [6, 6.07) is 1.44. The first-order valence-electron chi connectivity index (χ1n) is 7.10. The number of nitrogens with one attached hydrogen (secondary N) is 1. The average Bonchev–Trinajstić information content (AvgIpc) is 2.52. The number of benzene rings is 1. The van der Waals surface area contributed by atoms with E-state index >= 15 is 0 Å². The first-order chi connectivity index (χ1) is 10.9. The fraction of sp³-hybridized carbons (Fsp3) is 0.500. The van der Waals surface area contributed by atoms with Gasteiger partial charge in [-0.25, -0.2) is 4.79 Å². The Bertz CT molecular complexity index is 582. The molecule has 0 fully saturated rings.